The van der Waals surface area contributed by atoms with Crippen LogP contribution in [-0.4, -0.2) is 25.2 Å². The number of rotatable bonds is 5. The van der Waals surface area contributed by atoms with E-state index >= 15 is 0 Å². The van der Waals surface area contributed by atoms with Crippen LogP contribution in [0.4, 0.5) is 0 Å². The monoisotopic (exact) mass is 378 g/mol. The lowest BCUT2D eigenvalue weighted by Crippen LogP contribution is -2.05. The molecule has 1 aromatic carbocycles. The third-order valence-electron chi connectivity index (χ3n) is 4.33. The first-order valence-corrected chi connectivity index (χ1v) is 9.57. The first-order valence-electron chi connectivity index (χ1n) is 9.57. The van der Waals surface area contributed by atoms with Crippen molar-refractivity contribution in [2.75, 3.05) is 13.2 Å². The van der Waals surface area contributed by atoms with Crippen molar-refractivity contribution < 1.29 is 19.1 Å². The fourth-order valence-corrected chi connectivity index (χ4v) is 2.97. The summed E-state index contributed by atoms with van der Waals surface area (Å²) < 4.78 is 10.00. The first-order chi connectivity index (χ1) is 13.5. The van der Waals surface area contributed by atoms with Crippen LogP contribution in [0.25, 0.3) is 0 Å². The van der Waals surface area contributed by atoms with Gasteiger partial charge in [-0.2, -0.15) is 0 Å². The van der Waals surface area contributed by atoms with Crippen LogP contribution >= 0.6 is 0 Å². The van der Waals surface area contributed by atoms with Crippen LogP contribution < -0.4 is 0 Å². The van der Waals surface area contributed by atoms with Crippen LogP contribution in [0.2, 0.25) is 0 Å². The Balaban J connectivity index is 2.10. The lowest BCUT2D eigenvalue weighted by atomic mass is 9.87. The molecule has 0 saturated carbocycles. The van der Waals surface area contributed by atoms with Crippen molar-refractivity contribution in [3.8, 4) is 11.8 Å². The maximum absolute atomic E-state index is 11.8. The third kappa shape index (κ3) is 6.28. The van der Waals surface area contributed by atoms with Crippen molar-refractivity contribution in [1.29, 1.82) is 0 Å². The summed E-state index contributed by atoms with van der Waals surface area (Å²) in [4.78, 5) is 23.4. The second-order valence-corrected chi connectivity index (χ2v) is 6.37. The molecule has 0 saturated heterocycles. The van der Waals surface area contributed by atoms with Crippen molar-refractivity contribution in [3.63, 3.8) is 0 Å². The molecule has 4 heteroatoms. The number of carbonyl (C=O) groups excluding carboxylic acids is 2. The van der Waals surface area contributed by atoms with Gasteiger partial charge in [-0.05, 0) is 87.6 Å². The number of ether oxygens (including phenoxy) is 2. The van der Waals surface area contributed by atoms with E-state index in [1.165, 1.54) is 5.57 Å². The standard InChI is InChI=1S/C24H26O4/c1-4-27-23(25)17-21-11-8-9-18(3)22(21)12-7-6-10-19-13-15-20(16-14-19)24(26)28-5-2/h7,12-17H,4-5,8-9,11H2,1-3H3/b12-7+,21-17-. The van der Waals surface area contributed by atoms with Crippen LogP contribution in [-0.2, 0) is 14.3 Å². The summed E-state index contributed by atoms with van der Waals surface area (Å²) in [7, 11) is 0. The van der Waals surface area contributed by atoms with E-state index in [0.717, 1.165) is 36.0 Å². The molecule has 0 bridgehead atoms. The van der Waals surface area contributed by atoms with Crippen molar-refractivity contribution in [1.82, 2.24) is 0 Å². The number of esters is 2. The van der Waals surface area contributed by atoms with Gasteiger partial charge in [0, 0.05) is 11.6 Å². The minimum absolute atomic E-state index is 0.300. The minimum Gasteiger partial charge on any atom is -0.463 e. The van der Waals surface area contributed by atoms with Gasteiger partial charge in [-0.25, -0.2) is 9.59 Å². The molecule has 1 aliphatic carbocycles. The van der Waals surface area contributed by atoms with Crippen molar-refractivity contribution >= 4 is 11.9 Å². The average molecular weight is 378 g/mol. The van der Waals surface area contributed by atoms with Crippen molar-refractivity contribution in [2.24, 2.45) is 0 Å². The molecule has 0 amide bonds. The Hall–Kier alpha value is -3.06. The molecule has 0 atom stereocenters. The third-order valence-corrected chi connectivity index (χ3v) is 4.33. The lowest BCUT2D eigenvalue weighted by molar-refractivity contribution is -0.137. The molecule has 28 heavy (non-hydrogen) atoms. The van der Waals surface area contributed by atoms with E-state index < -0.39 is 0 Å². The van der Waals surface area contributed by atoms with E-state index in [2.05, 4.69) is 18.8 Å². The Morgan fingerprint density at radius 2 is 1.79 bits per heavy atom. The zero-order valence-corrected chi connectivity index (χ0v) is 16.7. The molecule has 0 unspecified atom stereocenters. The molecular weight excluding hydrogens is 352 g/mol. The Morgan fingerprint density at radius 1 is 1.07 bits per heavy atom. The molecule has 0 aromatic heterocycles. The number of benzene rings is 1. The van der Waals surface area contributed by atoms with Crippen LogP contribution in [0.3, 0.4) is 0 Å². The van der Waals surface area contributed by atoms with Gasteiger partial charge >= 0.3 is 11.9 Å². The van der Waals surface area contributed by atoms with Gasteiger partial charge in [0.25, 0.3) is 0 Å². The van der Waals surface area contributed by atoms with E-state index in [9.17, 15) is 9.59 Å². The second-order valence-electron chi connectivity index (χ2n) is 6.37. The molecule has 0 spiro atoms. The smallest absolute Gasteiger partial charge is 0.338 e. The topological polar surface area (TPSA) is 52.6 Å². The summed E-state index contributed by atoms with van der Waals surface area (Å²) in [5.41, 5.74) is 4.64. The molecule has 2 rings (SSSR count). The molecule has 0 fully saturated rings. The lowest BCUT2D eigenvalue weighted by Gasteiger charge is -2.18. The number of hydrogen-bond acceptors (Lipinski definition) is 4. The maximum atomic E-state index is 11.8. The van der Waals surface area contributed by atoms with Gasteiger partial charge < -0.3 is 9.47 Å². The molecule has 146 valence electrons. The summed E-state index contributed by atoms with van der Waals surface area (Å²) in [6, 6.07) is 7.01. The molecular formula is C24H26O4. The maximum Gasteiger partial charge on any atom is 0.338 e. The fourth-order valence-electron chi connectivity index (χ4n) is 2.97. The highest BCUT2D eigenvalue weighted by Gasteiger charge is 2.14. The van der Waals surface area contributed by atoms with E-state index in [1.54, 1.807) is 50.3 Å². The summed E-state index contributed by atoms with van der Waals surface area (Å²) in [6.07, 6.45) is 8.25. The van der Waals surface area contributed by atoms with E-state index in [1.807, 2.05) is 6.08 Å². The average Bonchev–Trinajstić information content (AvgIpc) is 2.68. The van der Waals surface area contributed by atoms with E-state index in [4.69, 9.17) is 9.47 Å². The molecule has 0 aliphatic heterocycles. The summed E-state index contributed by atoms with van der Waals surface area (Å²) in [5.74, 6) is 5.44. The minimum atomic E-state index is -0.331. The van der Waals surface area contributed by atoms with Crippen LogP contribution in [0, 0.1) is 11.8 Å². The van der Waals surface area contributed by atoms with Gasteiger partial charge in [-0.15, -0.1) is 0 Å². The Kier molecular flexibility index (Phi) is 8.30. The number of allylic oxidation sites excluding steroid dienone is 5. The van der Waals surface area contributed by atoms with Gasteiger partial charge in [0.15, 0.2) is 0 Å². The normalized spacial score (nSPS) is 15.3. The predicted octanol–water partition coefficient (Wildman–Crippen LogP) is 4.76. The van der Waals surface area contributed by atoms with Gasteiger partial charge in [0.05, 0.1) is 18.8 Å². The van der Waals surface area contributed by atoms with Crippen molar-refractivity contribution in [2.45, 2.75) is 40.0 Å². The fraction of sp³-hybridized carbons (Fsp3) is 0.333. The van der Waals surface area contributed by atoms with Gasteiger partial charge in [0.1, 0.15) is 0 Å². The van der Waals surface area contributed by atoms with Crippen LogP contribution in [0.1, 0.15) is 56.0 Å². The Bertz CT molecular complexity index is 858. The quantitative estimate of drug-likeness (QED) is 0.421. The van der Waals surface area contributed by atoms with Gasteiger partial charge in [0.2, 0.25) is 0 Å². The van der Waals surface area contributed by atoms with Gasteiger partial charge in [-0.3, -0.25) is 0 Å². The van der Waals surface area contributed by atoms with Crippen molar-refractivity contribution in [3.05, 3.63) is 70.3 Å². The molecule has 1 aromatic rings. The zero-order valence-electron chi connectivity index (χ0n) is 16.7. The number of hydrogen-bond donors (Lipinski definition) is 0. The Morgan fingerprint density at radius 3 is 2.46 bits per heavy atom. The highest BCUT2D eigenvalue weighted by Crippen LogP contribution is 2.30. The van der Waals surface area contributed by atoms with E-state index in [-0.39, 0.29) is 11.9 Å². The molecule has 0 N–H and O–H groups in total. The second kappa shape index (κ2) is 10.9. The predicted molar refractivity (Wildman–Crippen MR) is 110 cm³/mol. The molecule has 0 heterocycles. The molecule has 4 nitrogen and oxygen atoms in total. The number of carbonyl (C=O) groups is 2. The van der Waals surface area contributed by atoms with Crippen LogP contribution in [0.5, 0.6) is 0 Å². The summed E-state index contributed by atoms with van der Waals surface area (Å²) >= 11 is 0. The largest absolute Gasteiger partial charge is 0.463 e. The van der Waals surface area contributed by atoms with E-state index in [0.29, 0.717) is 18.8 Å². The summed E-state index contributed by atoms with van der Waals surface area (Å²) in [5, 5.41) is 0. The highest BCUT2D eigenvalue weighted by atomic mass is 16.5. The molecule has 1 aliphatic rings. The molecule has 0 radical (unpaired) electrons. The Labute approximate surface area is 166 Å². The zero-order chi connectivity index (χ0) is 20.4. The SMILES string of the molecule is CCOC(=O)/C=C1/CCCC(C)=C1/C=C/C#Cc1ccc(C(=O)OCC)cc1. The first kappa shape index (κ1) is 21.2. The van der Waals surface area contributed by atoms with Crippen LogP contribution in [0.15, 0.2) is 59.2 Å². The highest BCUT2D eigenvalue weighted by molar-refractivity contribution is 5.89. The van der Waals surface area contributed by atoms with Gasteiger partial charge in [-0.1, -0.05) is 17.4 Å². The summed E-state index contributed by atoms with van der Waals surface area (Å²) in [6.45, 7) is 6.39.